The lowest BCUT2D eigenvalue weighted by Crippen LogP contribution is -2.45. The zero-order valence-corrected chi connectivity index (χ0v) is 12.7. The van der Waals surface area contributed by atoms with Crippen LogP contribution in [0.25, 0.3) is 0 Å². The lowest BCUT2D eigenvalue weighted by atomic mass is 9.79. The zero-order chi connectivity index (χ0) is 17.8. The van der Waals surface area contributed by atoms with E-state index in [1.165, 1.54) is 6.33 Å². The fraction of sp³-hybridized carbons (Fsp3) is 0.571. The van der Waals surface area contributed by atoms with Gasteiger partial charge in [-0.05, 0) is 25.8 Å². The Morgan fingerprint density at radius 3 is 2.42 bits per heavy atom. The van der Waals surface area contributed by atoms with Crippen LogP contribution < -0.4 is 10.2 Å². The maximum atomic E-state index is 12.5. The van der Waals surface area contributed by atoms with E-state index < -0.39 is 12.1 Å². The van der Waals surface area contributed by atoms with Crippen molar-refractivity contribution in [3.8, 4) is 0 Å². The monoisotopic (exact) mass is 346 g/mol. The summed E-state index contributed by atoms with van der Waals surface area (Å²) in [5.41, 5.74) is 0.647. The number of carboxylic acids is 1. The molecule has 3 heterocycles. The van der Waals surface area contributed by atoms with Gasteiger partial charge in [0.05, 0.1) is 23.5 Å². The summed E-state index contributed by atoms with van der Waals surface area (Å²) in [4.78, 5) is 31.2. The number of hydrogen-bond acceptors (Lipinski definition) is 5. The number of nitrogens with one attached hydrogen (secondary N) is 1. The van der Waals surface area contributed by atoms with E-state index in [0.717, 1.165) is 44.6 Å². The van der Waals surface area contributed by atoms with Gasteiger partial charge in [0.25, 0.3) is 0 Å². The first-order valence-electron chi connectivity index (χ1n) is 7.34. The summed E-state index contributed by atoms with van der Waals surface area (Å²) in [5, 5.41) is 10.5. The fourth-order valence-electron chi connectivity index (χ4n) is 2.86. The molecule has 1 aromatic heterocycles. The minimum absolute atomic E-state index is 0.173. The number of amides is 1. The van der Waals surface area contributed by atoms with Crippen LogP contribution in [-0.2, 0) is 9.59 Å². The van der Waals surface area contributed by atoms with Crippen molar-refractivity contribution < 1.29 is 27.9 Å². The largest absolute Gasteiger partial charge is 0.490 e. The van der Waals surface area contributed by atoms with Crippen LogP contribution in [0.5, 0.6) is 0 Å². The third-order valence-corrected chi connectivity index (χ3v) is 4.09. The van der Waals surface area contributed by atoms with Crippen molar-refractivity contribution in [2.45, 2.75) is 25.4 Å². The van der Waals surface area contributed by atoms with Crippen molar-refractivity contribution in [3.63, 3.8) is 0 Å². The molecule has 10 heteroatoms. The van der Waals surface area contributed by atoms with Crippen LogP contribution in [0.1, 0.15) is 19.3 Å². The van der Waals surface area contributed by atoms with Crippen molar-refractivity contribution in [2.75, 3.05) is 24.5 Å². The van der Waals surface area contributed by atoms with Gasteiger partial charge in [0, 0.05) is 13.1 Å². The highest BCUT2D eigenvalue weighted by Crippen LogP contribution is 2.39. The molecule has 1 aromatic rings. The van der Waals surface area contributed by atoms with Gasteiger partial charge in [-0.1, -0.05) is 0 Å². The Balaban J connectivity index is 0.000000256. The topological polar surface area (TPSA) is 95.4 Å². The molecule has 2 aliphatic heterocycles. The number of halogens is 3. The first-order chi connectivity index (χ1) is 11.3. The molecule has 0 bridgehead atoms. The molecule has 132 valence electrons. The minimum Gasteiger partial charge on any atom is -0.475 e. The molecule has 1 unspecified atom stereocenters. The molecule has 24 heavy (non-hydrogen) atoms. The SMILES string of the molecule is O=C(O)C(F)(F)F.O=C1N(c2cncnc2)CCC12CCCNC2. The highest BCUT2D eigenvalue weighted by Gasteiger charge is 2.47. The molecule has 1 amide bonds. The number of carbonyl (C=O) groups excluding carboxylic acids is 1. The first-order valence-corrected chi connectivity index (χ1v) is 7.34. The van der Waals surface area contributed by atoms with Crippen LogP contribution in [0.2, 0.25) is 0 Å². The Labute approximate surface area is 135 Å². The van der Waals surface area contributed by atoms with Crippen molar-refractivity contribution in [1.29, 1.82) is 0 Å². The molecular weight excluding hydrogens is 329 g/mol. The summed E-state index contributed by atoms with van der Waals surface area (Å²) >= 11 is 0. The summed E-state index contributed by atoms with van der Waals surface area (Å²) in [6.45, 7) is 2.63. The molecule has 1 spiro atoms. The van der Waals surface area contributed by atoms with Gasteiger partial charge in [-0.25, -0.2) is 14.8 Å². The third kappa shape index (κ3) is 3.99. The second-order valence-electron chi connectivity index (χ2n) is 5.67. The Morgan fingerprint density at radius 2 is 1.92 bits per heavy atom. The molecule has 2 N–H and O–H groups in total. The minimum atomic E-state index is -5.08. The molecule has 7 nitrogen and oxygen atoms in total. The lowest BCUT2D eigenvalue weighted by molar-refractivity contribution is -0.192. The zero-order valence-electron chi connectivity index (χ0n) is 12.7. The number of hydrogen-bond donors (Lipinski definition) is 2. The number of aliphatic carboxylic acids is 1. The summed E-state index contributed by atoms with van der Waals surface area (Å²) < 4.78 is 31.7. The second-order valence-corrected chi connectivity index (χ2v) is 5.67. The number of carboxylic acid groups (broad SMARTS) is 1. The second kappa shape index (κ2) is 7.12. The van der Waals surface area contributed by atoms with Crippen molar-refractivity contribution in [1.82, 2.24) is 15.3 Å². The predicted octanol–water partition coefficient (Wildman–Crippen LogP) is 1.22. The van der Waals surface area contributed by atoms with Gasteiger partial charge >= 0.3 is 12.1 Å². The number of carbonyl (C=O) groups is 2. The first kappa shape index (κ1) is 18.1. The van der Waals surface area contributed by atoms with Crippen LogP contribution in [-0.4, -0.2) is 52.8 Å². The van der Waals surface area contributed by atoms with E-state index in [9.17, 15) is 18.0 Å². The Bertz CT molecular complexity index is 589. The fourth-order valence-corrected chi connectivity index (χ4v) is 2.86. The molecule has 2 aliphatic rings. The standard InChI is InChI=1S/C12H16N4O.C2HF3O2/c17-11-12(2-1-4-13-8-12)3-5-16(11)10-6-14-9-15-7-10;3-2(4,5)1(6)7/h6-7,9,13H,1-5,8H2;(H,6,7). The van der Waals surface area contributed by atoms with E-state index in [4.69, 9.17) is 9.90 Å². The van der Waals surface area contributed by atoms with Gasteiger partial charge in [-0.3, -0.25) is 4.79 Å². The third-order valence-electron chi connectivity index (χ3n) is 4.09. The number of nitrogens with zero attached hydrogens (tertiary/aromatic N) is 3. The molecule has 0 saturated carbocycles. The van der Waals surface area contributed by atoms with E-state index >= 15 is 0 Å². The maximum Gasteiger partial charge on any atom is 0.490 e. The number of anilines is 1. The quantitative estimate of drug-likeness (QED) is 0.794. The number of rotatable bonds is 1. The van der Waals surface area contributed by atoms with Crippen molar-refractivity contribution in [3.05, 3.63) is 18.7 Å². The Kier molecular flexibility index (Phi) is 5.37. The van der Waals surface area contributed by atoms with E-state index in [1.54, 1.807) is 12.4 Å². The summed E-state index contributed by atoms with van der Waals surface area (Å²) in [5.74, 6) is -2.52. The normalized spacial score (nSPS) is 23.8. The summed E-state index contributed by atoms with van der Waals surface area (Å²) in [6.07, 6.45) is 2.85. The van der Waals surface area contributed by atoms with E-state index in [2.05, 4.69) is 15.3 Å². The van der Waals surface area contributed by atoms with Crippen LogP contribution in [0.3, 0.4) is 0 Å². The van der Waals surface area contributed by atoms with Gasteiger partial charge in [-0.2, -0.15) is 13.2 Å². The van der Waals surface area contributed by atoms with Crippen molar-refractivity contribution >= 4 is 17.6 Å². The number of piperidine rings is 1. The van der Waals surface area contributed by atoms with E-state index in [1.807, 2.05) is 4.90 Å². The van der Waals surface area contributed by atoms with E-state index in [-0.39, 0.29) is 11.3 Å². The number of alkyl halides is 3. The average molecular weight is 346 g/mol. The number of aromatic nitrogens is 2. The summed E-state index contributed by atoms with van der Waals surface area (Å²) in [7, 11) is 0. The van der Waals surface area contributed by atoms with Gasteiger partial charge in [0.2, 0.25) is 5.91 Å². The van der Waals surface area contributed by atoms with Crippen LogP contribution in [0, 0.1) is 5.41 Å². The van der Waals surface area contributed by atoms with Crippen LogP contribution >= 0.6 is 0 Å². The van der Waals surface area contributed by atoms with Crippen LogP contribution in [0.4, 0.5) is 18.9 Å². The smallest absolute Gasteiger partial charge is 0.475 e. The molecule has 1 atom stereocenters. The highest BCUT2D eigenvalue weighted by molar-refractivity contribution is 5.99. The maximum absolute atomic E-state index is 12.5. The van der Waals surface area contributed by atoms with E-state index in [0.29, 0.717) is 0 Å². The van der Waals surface area contributed by atoms with Gasteiger partial charge in [-0.15, -0.1) is 0 Å². The van der Waals surface area contributed by atoms with Crippen molar-refractivity contribution in [2.24, 2.45) is 5.41 Å². The Morgan fingerprint density at radius 1 is 1.29 bits per heavy atom. The molecular formula is C14H17F3N4O3. The van der Waals surface area contributed by atoms with Gasteiger partial charge in [0.15, 0.2) is 0 Å². The molecule has 0 radical (unpaired) electrons. The predicted molar refractivity (Wildman–Crippen MR) is 77.2 cm³/mol. The highest BCUT2D eigenvalue weighted by atomic mass is 19.4. The molecule has 2 saturated heterocycles. The average Bonchev–Trinajstić information content (AvgIpc) is 2.85. The molecule has 2 fully saturated rings. The lowest BCUT2D eigenvalue weighted by Gasteiger charge is -2.32. The van der Waals surface area contributed by atoms with Gasteiger partial charge in [0.1, 0.15) is 6.33 Å². The molecule has 0 aromatic carbocycles. The Hall–Kier alpha value is -2.23. The van der Waals surface area contributed by atoms with Crippen LogP contribution in [0.15, 0.2) is 18.7 Å². The molecule has 0 aliphatic carbocycles. The van der Waals surface area contributed by atoms with Gasteiger partial charge < -0.3 is 15.3 Å². The summed E-state index contributed by atoms with van der Waals surface area (Å²) in [6, 6.07) is 0. The molecule has 3 rings (SSSR count).